The molecule has 0 radical (unpaired) electrons. The van der Waals surface area contributed by atoms with Gasteiger partial charge in [0.1, 0.15) is 0 Å². The number of carboxylic acid groups (broad SMARTS) is 1. The van der Waals surface area contributed by atoms with E-state index >= 15 is 0 Å². The molecule has 2 heterocycles. The summed E-state index contributed by atoms with van der Waals surface area (Å²) in [5, 5.41) is 13.2. The molecule has 3 aromatic rings. The summed E-state index contributed by atoms with van der Waals surface area (Å²) in [5.41, 5.74) is 2.40. The van der Waals surface area contributed by atoms with E-state index in [0.717, 1.165) is 11.1 Å². The molecule has 0 aliphatic carbocycles. The number of carboxylic acids is 1. The number of benzene rings is 2. The molecule has 0 amide bonds. The summed E-state index contributed by atoms with van der Waals surface area (Å²) >= 11 is 0. The van der Waals surface area contributed by atoms with Crippen molar-refractivity contribution in [3.63, 3.8) is 0 Å². The van der Waals surface area contributed by atoms with Crippen LogP contribution < -0.4 is 15.8 Å². The number of piperidine rings is 1. The average Bonchev–Trinajstić information content (AvgIpc) is 2.76. The summed E-state index contributed by atoms with van der Waals surface area (Å²) in [6.07, 6.45) is -0.572. The van der Waals surface area contributed by atoms with Gasteiger partial charge in [-0.2, -0.15) is 0 Å². The van der Waals surface area contributed by atoms with Crippen LogP contribution in [0.15, 0.2) is 41.2 Å². The van der Waals surface area contributed by atoms with Crippen LogP contribution in [0.2, 0.25) is 0 Å². The van der Waals surface area contributed by atoms with Crippen molar-refractivity contribution in [2.24, 2.45) is 7.05 Å². The highest BCUT2D eigenvalue weighted by Gasteiger charge is 2.35. The fourth-order valence-corrected chi connectivity index (χ4v) is 4.29. The van der Waals surface area contributed by atoms with Gasteiger partial charge in [0.25, 0.3) is 11.5 Å². The van der Waals surface area contributed by atoms with Crippen molar-refractivity contribution < 1.29 is 18.7 Å². The SMILES string of the molecule is Cc1cc(C(C)Nc2ccccc2C(=O)O)c2nc(N3CCC(F)(F)CC3)n(C)c(=O)c2c1. The number of hydrogen-bond acceptors (Lipinski definition) is 5. The molecule has 0 spiro atoms. The lowest BCUT2D eigenvalue weighted by atomic mass is 10.0. The quantitative estimate of drug-likeness (QED) is 0.594. The average molecular weight is 456 g/mol. The number of nitrogens with zero attached hydrogens (tertiary/aromatic N) is 3. The first kappa shape index (κ1) is 22.7. The van der Waals surface area contributed by atoms with Crippen LogP contribution in [0.4, 0.5) is 20.4 Å². The monoisotopic (exact) mass is 456 g/mol. The number of aromatic nitrogens is 2. The molecule has 7 nitrogen and oxygen atoms in total. The van der Waals surface area contributed by atoms with Crippen molar-refractivity contribution >= 4 is 28.5 Å². The Bertz CT molecular complexity index is 1280. The molecule has 1 atom stereocenters. The van der Waals surface area contributed by atoms with Crippen LogP contribution in [-0.4, -0.2) is 39.6 Å². The molecule has 1 aromatic heterocycles. The predicted molar refractivity (Wildman–Crippen MR) is 124 cm³/mol. The molecule has 1 saturated heterocycles. The van der Waals surface area contributed by atoms with Gasteiger partial charge in [-0.25, -0.2) is 18.6 Å². The predicted octanol–water partition coefficient (Wildman–Crippen LogP) is 4.35. The summed E-state index contributed by atoms with van der Waals surface area (Å²) in [6, 6.07) is 9.90. The number of carbonyl (C=O) groups is 1. The lowest BCUT2D eigenvalue weighted by Gasteiger charge is -2.33. The second-order valence-corrected chi connectivity index (χ2v) is 8.59. The number of hydrogen-bond donors (Lipinski definition) is 2. The largest absolute Gasteiger partial charge is 0.478 e. The third-order valence-electron chi connectivity index (χ3n) is 6.10. The van der Waals surface area contributed by atoms with Crippen LogP contribution in [0, 0.1) is 6.92 Å². The van der Waals surface area contributed by atoms with E-state index in [0.29, 0.717) is 22.5 Å². The normalized spacial score (nSPS) is 16.6. The molecule has 2 N–H and O–H groups in total. The van der Waals surface area contributed by atoms with E-state index in [-0.39, 0.29) is 43.1 Å². The van der Waals surface area contributed by atoms with Gasteiger partial charge in [-0.3, -0.25) is 9.36 Å². The summed E-state index contributed by atoms with van der Waals surface area (Å²) in [4.78, 5) is 31.3. The molecular formula is C24H26F2N4O3. The third-order valence-corrected chi connectivity index (χ3v) is 6.10. The van der Waals surface area contributed by atoms with E-state index in [1.54, 1.807) is 36.2 Å². The van der Waals surface area contributed by atoms with Crippen molar-refractivity contribution in [3.8, 4) is 0 Å². The molecule has 1 unspecified atom stereocenters. The van der Waals surface area contributed by atoms with Gasteiger partial charge >= 0.3 is 5.97 Å². The third kappa shape index (κ3) is 4.40. The molecule has 0 saturated carbocycles. The Balaban J connectivity index is 1.80. The highest BCUT2D eigenvalue weighted by Crippen LogP contribution is 2.32. The number of anilines is 2. The molecule has 33 heavy (non-hydrogen) atoms. The number of aromatic carboxylic acids is 1. The number of nitrogens with one attached hydrogen (secondary N) is 1. The van der Waals surface area contributed by atoms with Crippen molar-refractivity contribution in [3.05, 3.63) is 63.4 Å². The number of fused-ring (bicyclic) bond motifs is 1. The van der Waals surface area contributed by atoms with Crippen molar-refractivity contribution in [1.82, 2.24) is 9.55 Å². The van der Waals surface area contributed by atoms with E-state index in [4.69, 9.17) is 4.98 Å². The Hall–Kier alpha value is -3.49. The topological polar surface area (TPSA) is 87.5 Å². The molecule has 0 bridgehead atoms. The molecule has 9 heteroatoms. The smallest absolute Gasteiger partial charge is 0.337 e. The molecule has 1 aliphatic rings. The van der Waals surface area contributed by atoms with Gasteiger partial charge < -0.3 is 15.3 Å². The van der Waals surface area contributed by atoms with Gasteiger partial charge in [0, 0.05) is 44.2 Å². The van der Waals surface area contributed by atoms with Crippen LogP contribution >= 0.6 is 0 Å². The molecular weight excluding hydrogens is 430 g/mol. The van der Waals surface area contributed by atoms with Crippen molar-refractivity contribution in [2.45, 2.75) is 38.7 Å². The minimum absolute atomic E-state index is 0.111. The maximum atomic E-state index is 13.7. The van der Waals surface area contributed by atoms with Crippen LogP contribution in [-0.2, 0) is 7.05 Å². The van der Waals surface area contributed by atoms with E-state index < -0.39 is 11.9 Å². The number of para-hydroxylation sites is 1. The van der Waals surface area contributed by atoms with Gasteiger partial charge in [0.15, 0.2) is 0 Å². The fourth-order valence-electron chi connectivity index (χ4n) is 4.29. The number of alkyl halides is 2. The highest BCUT2D eigenvalue weighted by molar-refractivity contribution is 5.94. The fraction of sp³-hybridized carbons (Fsp3) is 0.375. The second-order valence-electron chi connectivity index (χ2n) is 8.59. The van der Waals surface area contributed by atoms with Gasteiger partial charge in [0.2, 0.25) is 5.95 Å². The standard InChI is InChI=1S/C24H26F2N4O3/c1-14-12-17(15(2)27-19-7-5-4-6-16(19)22(32)33)20-18(13-14)21(31)29(3)23(28-20)30-10-8-24(25,26)9-11-30/h4-7,12-13,15,27H,8-11H2,1-3H3,(H,32,33). The van der Waals surface area contributed by atoms with E-state index in [1.165, 1.54) is 10.6 Å². The number of aryl methyl sites for hydroxylation is 1. The molecule has 4 rings (SSSR count). The summed E-state index contributed by atoms with van der Waals surface area (Å²) in [6.45, 7) is 3.97. The van der Waals surface area contributed by atoms with Gasteiger partial charge in [-0.05, 0) is 37.6 Å². The Morgan fingerprint density at radius 1 is 1.21 bits per heavy atom. The summed E-state index contributed by atoms with van der Waals surface area (Å²) < 4.78 is 28.8. The van der Waals surface area contributed by atoms with Gasteiger partial charge in [-0.15, -0.1) is 0 Å². The van der Waals surface area contributed by atoms with Crippen molar-refractivity contribution in [2.75, 3.05) is 23.3 Å². The Morgan fingerprint density at radius 2 is 1.88 bits per heavy atom. The van der Waals surface area contributed by atoms with Crippen LogP contribution in [0.5, 0.6) is 0 Å². The number of halogens is 2. The molecule has 1 fully saturated rings. The van der Waals surface area contributed by atoms with Crippen LogP contribution in [0.25, 0.3) is 10.9 Å². The van der Waals surface area contributed by atoms with Crippen LogP contribution in [0.1, 0.15) is 47.3 Å². The second kappa shape index (κ2) is 8.46. The number of rotatable bonds is 5. The maximum Gasteiger partial charge on any atom is 0.337 e. The zero-order valence-electron chi connectivity index (χ0n) is 18.7. The lowest BCUT2D eigenvalue weighted by molar-refractivity contribution is -0.0223. The Kier molecular flexibility index (Phi) is 5.82. The van der Waals surface area contributed by atoms with Crippen molar-refractivity contribution in [1.29, 1.82) is 0 Å². The van der Waals surface area contributed by atoms with Gasteiger partial charge in [0.05, 0.1) is 22.5 Å². The first-order valence-corrected chi connectivity index (χ1v) is 10.8. The zero-order chi connectivity index (χ0) is 23.9. The van der Waals surface area contributed by atoms with E-state index in [9.17, 15) is 23.5 Å². The highest BCUT2D eigenvalue weighted by atomic mass is 19.3. The molecule has 1 aliphatic heterocycles. The zero-order valence-corrected chi connectivity index (χ0v) is 18.7. The first-order chi connectivity index (χ1) is 15.6. The summed E-state index contributed by atoms with van der Waals surface area (Å²) in [5.74, 6) is -3.40. The maximum absolute atomic E-state index is 13.7. The molecule has 2 aromatic carbocycles. The Morgan fingerprint density at radius 3 is 2.55 bits per heavy atom. The minimum atomic E-state index is -2.70. The van der Waals surface area contributed by atoms with Gasteiger partial charge in [-0.1, -0.05) is 18.2 Å². The minimum Gasteiger partial charge on any atom is -0.478 e. The van der Waals surface area contributed by atoms with E-state index in [1.807, 2.05) is 19.9 Å². The van der Waals surface area contributed by atoms with Crippen LogP contribution in [0.3, 0.4) is 0 Å². The molecule has 174 valence electrons. The summed E-state index contributed by atoms with van der Waals surface area (Å²) in [7, 11) is 1.60. The Labute approximate surface area is 189 Å². The lowest BCUT2D eigenvalue weighted by Crippen LogP contribution is -2.42. The first-order valence-electron chi connectivity index (χ1n) is 10.8. The van der Waals surface area contributed by atoms with E-state index in [2.05, 4.69) is 5.32 Å².